The van der Waals surface area contributed by atoms with Gasteiger partial charge in [-0.05, 0) is 87.8 Å². The Labute approximate surface area is 212 Å². The molecule has 0 aliphatic carbocycles. The first kappa shape index (κ1) is 25.4. The third kappa shape index (κ3) is 7.40. The molecule has 1 fully saturated rings. The van der Waals surface area contributed by atoms with Crippen molar-refractivity contribution < 1.29 is 9.53 Å². The highest BCUT2D eigenvalue weighted by Gasteiger charge is 2.11. The number of likely N-dealkylation sites (tertiary alicyclic amines) is 1. The van der Waals surface area contributed by atoms with Crippen LogP contribution in [0, 0.1) is 6.92 Å². The van der Waals surface area contributed by atoms with Crippen LogP contribution in [0.15, 0.2) is 54.7 Å². The largest absolute Gasteiger partial charge is 0.492 e. The molecule has 2 heterocycles. The molecule has 190 valence electrons. The fourth-order valence-electron chi connectivity index (χ4n) is 3.87. The lowest BCUT2D eigenvalue weighted by molar-refractivity contribution is 0.0933. The van der Waals surface area contributed by atoms with Gasteiger partial charge in [0, 0.05) is 41.8 Å². The van der Waals surface area contributed by atoms with Gasteiger partial charge in [0.15, 0.2) is 0 Å². The van der Waals surface area contributed by atoms with E-state index in [0.717, 1.165) is 42.2 Å². The van der Waals surface area contributed by atoms with Crippen LogP contribution in [0.5, 0.6) is 5.75 Å². The number of amides is 1. The minimum absolute atomic E-state index is 0.164. The van der Waals surface area contributed by atoms with E-state index in [0.29, 0.717) is 23.9 Å². The van der Waals surface area contributed by atoms with Gasteiger partial charge >= 0.3 is 0 Å². The van der Waals surface area contributed by atoms with Crippen LogP contribution in [-0.2, 0) is 0 Å². The average molecular weight is 490 g/mol. The average Bonchev–Trinajstić information content (AvgIpc) is 3.41. The first-order valence-electron chi connectivity index (χ1n) is 12.6. The summed E-state index contributed by atoms with van der Waals surface area (Å²) in [6, 6.07) is 15.1. The van der Waals surface area contributed by atoms with Gasteiger partial charge in [-0.25, -0.2) is 10.4 Å². The summed E-state index contributed by atoms with van der Waals surface area (Å²) in [6.07, 6.45) is 5.30. The lowest BCUT2D eigenvalue weighted by atomic mass is 10.2. The Bertz CT molecular complexity index is 1110. The van der Waals surface area contributed by atoms with E-state index in [-0.39, 0.29) is 5.91 Å². The second-order valence-corrected chi connectivity index (χ2v) is 8.86. The van der Waals surface area contributed by atoms with Crippen molar-refractivity contribution in [1.82, 2.24) is 25.7 Å². The summed E-state index contributed by atoms with van der Waals surface area (Å²) in [5.41, 5.74) is 8.78. The van der Waals surface area contributed by atoms with Gasteiger partial charge in [0.1, 0.15) is 18.2 Å². The SMILES string of the molecule is CCCNNC(=O)c1ccc(Nc2nc(Nc3ccc(OCCN4CCCC4)cc3)ncc2C)cc1. The molecule has 9 heteroatoms. The van der Waals surface area contributed by atoms with Crippen molar-refractivity contribution in [2.45, 2.75) is 33.1 Å². The molecule has 36 heavy (non-hydrogen) atoms. The van der Waals surface area contributed by atoms with Crippen molar-refractivity contribution in [1.29, 1.82) is 0 Å². The normalized spacial score (nSPS) is 13.4. The molecule has 3 aromatic rings. The summed E-state index contributed by atoms with van der Waals surface area (Å²) >= 11 is 0. The molecule has 0 atom stereocenters. The van der Waals surface area contributed by atoms with Gasteiger partial charge in [0.2, 0.25) is 5.95 Å². The molecule has 0 spiro atoms. The lowest BCUT2D eigenvalue weighted by Gasteiger charge is -2.15. The van der Waals surface area contributed by atoms with Gasteiger partial charge in [-0.15, -0.1) is 0 Å². The molecule has 4 N–H and O–H groups in total. The molecule has 9 nitrogen and oxygen atoms in total. The van der Waals surface area contributed by atoms with Crippen molar-refractivity contribution in [2.75, 3.05) is 43.4 Å². The van der Waals surface area contributed by atoms with Crippen molar-refractivity contribution in [3.63, 3.8) is 0 Å². The molecule has 0 bridgehead atoms. The second-order valence-electron chi connectivity index (χ2n) is 8.86. The number of aromatic nitrogens is 2. The highest BCUT2D eigenvalue weighted by molar-refractivity contribution is 5.94. The Kier molecular flexibility index (Phi) is 9.07. The fraction of sp³-hybridized carbons (Fsp3) is 0.370. The second kappa shape index (κ2) is 12.9. The van der Waals surface area contributed by atoms with Gasteiger partial charge < -0.3 is 15.4 Å². The van der Waals surface area contributed by atoms with Crippen LogP contribution in [0.2, 0.25) is 0 Å². The van der Waals surface area contributed by atoms with E-state index in [9.17, 15) is 4.79 Å². The van der Waals surface area contributed by atoms with Crippen LogP contribution >= 0.6 is 0 Å². The maximum absolute atomic E-state index is 12.2. The minimum Gasteiger partial charge on any atom is -0.492 e. The molecule has 0 unspecified atom stereocenters. The molecule has 0 saturated carbocycles. The van der Waals surface area contributed by atoms with E-state index >= 15 is 0 Å². The summed E-state index contributed by atoms with van der Waals surface area (Å²) in [7, 11) is 0. The fourth-order valence-corrected chi connectivity index (χ4v) is 3.87. The molecule has 2 aromatic carbocycles. The monoisotopic (exact) mass is 489 g/mol. The van der Waals surface area contributed by atoms with Crippen LogP contribution in [0.1, 0.15) is 42.1 Å². The third-order valence-corrected chi connectivity index (χ3v) is 5.94. The molecule has 0 radical (unpaired) electrons. The van der Waals surface area contributed by atoms with Gasteiger partial charge in [-0.1, -0.05) is 6.92 Å². The molecule has 1 saturated heterocycles. The molecule has 1 aliphatic rings. The van der Waals surface area contributed by atoms with Crippen molar-refractivity contribution in [3.8, 4) is 5.75 Å². The van der Waals surface area contributed by atoms with E-state index in [1.807, 2.05) is 50.2 Å². The highest BCUT2D eigenvalue weighted by Crippen LogP contribution is 2.22. The number of ether oxygens (including phenoxy) is 1. The van der Waals surface area contributed by atoms with E-state index in [1.165, 1.54) is 25.9 Å². The third-order valence-electron chi connectivity index (χ3n) is 5.94. The zero-order valence-corrected chi connectivity index (χ0v) is 21.0. The van der Waals surface area contributed by atoms with E-state index in [1.54, 1.807) is 18.3 Å². The number of nitrogens with one attached hydrogen (secondary N) is 4. The van der Waals surface area contributed by atoms with Crippen LogP contribution in [-0.4, -0.2) is 53.6 Å². The molecule has 1 amide bonds. The summed E-state index contributed by atoms with van der Waals surface area (Å²) in [5.74, 6) is 1.87. The van der Waals surface area contributed by atoms with E-state index in [4.69, 9.17) is 4.74 Å². The van der Waals surface area contributed by atoms with Crippen LogP contribution in [0.25, 0.3) is 0 Å². The first-order chi connectivity index (χ1) is 17.6. The predicted molar refractivity (Wildman–Crippen MR) is 143 cm³/mol. The Morgan fingerprint density at radius 1 is 1.00 bits per heavy atom. The van der Waals surface area contributed by atoms with Crippen LogP contribution in [0.3, 0.4) is 0 Å². The number of hydrogen-bond donors (Lipinski definition) is 4. The number of rotatable bonds is 12. The smallest absolute Gasteiger partial charge is 0.265 e. The van der Waals surface area contributed by atoms with Crippen molar-refractivity contribution in [2.24, 2.45) is 0 Å². The Hall–Kier alpha value is -3.69. The standard InChI is InChI=1S/C27H35N7O2/c1-3-14-29-33-26(35)21-6-8-22(9-7-21)30-25-20(2)19-28-27(32-25)31-23-10-12-24(13-11-23)36-18-17-34-15-4-5-16-34/h6-13,19,29H,3-5,14-18H2,1-2H3,(H,33,35)(H2,28,30,31,32). The molecule has 1 aromatic heterocycles. The van der Waals surface area contributed by atoms with Crippen LogP contribution < -0.4 is 26.2 Å². The summed E-state index contributed by atoms with van der Waals surface area (Å²) < 4.78 is 5.88. The maximum Gasteiger partial charge on any atom is 0.265 e. The number of carbonyl (C=O) groups excluding carboxylic acids is 1. The molecule has 1 aliphatic heterocycles. The number of hydrogen-bond acceptors (Lipinski definition) is 8. The van der Waals surface area contributed by atoms with Crippen molar-refractivity contribution in [3.05, 3.63) is 65.9 Å². The zero-order chi connectivity index (χ0) is 25.2. The maximum atomic E-state index is 12.2. The summed E-state index contributed by atoms with van der Waals surface area (Å²) in [4.78, 5) is 23.6. The van der Waals surface area contributed by atoms with E-state index in [2.05, 4.69) is 36.4 Å². The summed E-state index contributed by atoms with van der Waals surface area (Å²) in [6.45, 7) is 8.74. The number of carbonyl (C=O) groups is 1. The molecular weight excluding hydrogens is 454 g/mol. The Morgan fingerprint density at radius 2 is 1.69 bits per heavy atom. The summed E-state index contributed by atoms with van der Waals surface area (Å²) in [5, 5.41) is 6.56. The first-order valence-corrected chi connectivity index (χ1v) is 12.6. The lowest BCUT2D eigenvalue weighted by Crippen LogP contribution is -2.37. The number of aryl methyl sites for hydroxylation is 1. The molecule has 4 rings (SSSR count). The Balaban J connectivity index is 1.31. The van der Waals surface area contributed by atoms with E-state index < -0.39 is 0 Å². The van der Waals surface area contributed by atoms with Crippen molar-refractivity contribution >= 4 is 29.0 Å². The topological polar surface area (TPSA) is 103 Å². The number of nitrogens with zero attached hydrogens (tertiary/aromatic N) is 3. The van der Waals surface area contributed by atoms with Gasteiger partial charge in [0.25, 0.3) is 5.91 Å². The predicted octanol–water partition coefficient (Wildman–Crippen LogP) is 4.39. The van der Waals surface area contributed by atoms with Gasteiger partial charge in [0.05, 0.1) is 0 Å². The van der Waals surface area contributed by atoms with Gasteiger partial charge in [-0.3, -0.25) is 15.1 Å². The number of anilines is 4. The number of benzene rings is 2. The van der Waals surface area contributed by atoms with Gasteiger partial charge in [-0.2, -0.15) is 4.98 Å². The van der Waals surface area contributed by atoms with Crippen LogP contribution in [0.4, 0.5) is 23.1 Å². The quantitative estimate of drug-likeness (QED) is 0.219. The molecular formula is C27H35N7O2. The highest BCUT2D eigenvalue weighted by atomic mass is 16.5. The Morgan fingerprint density at radius 3 is 2.42 bits per heavy atom. The number of hydrazine groups is 1. The minimum atomic E-state index is -0.164. The zero-order valence-electron chi connectivity index (χ0n) is 21.0.